The fourth-order valence-electron chi connectivity index (χ4n) is 0.827. The Labute approximate surface area is 69.6 Å². The van der Waals surface area contributed by atoms with Crippen molar-refractivity contribution in [3.8, 4) is 5.75 Å². The molecule has 0 aliphatic rings. The van der Waals surface area contributed by atoms with E-state index >= 15 is 0 Å². The van der Waals surface area contributed by atoms with Gasteiger partial charge in [0.25, 0.3) is 6.47 Å². The molecule has 0 aliphatic heterocycles. The minimum atomic E-state index is 0.364. The third-order valence-electron chi connectivity index (χ3n) is 1.31. The van der Waals surface area contributed by atoms with E-state index in [4.69, 9.17) is 5.84 Å². The van der Waals surface area contributed by atoms with Crippen molar-refractivity contribution in [3.05, 3.63) is 29.8 Å². The molecule has 0 saturated carbocycles. The van der Waals surface area contributed by atoms with Gasteiger partial charge in [-0.1, -0.05) is 12.1 Å². The van der Waals surface area contributed by atoms with Crippen LogP contribution in [-0.2, 0) is 4.79 Å². The van der Waals surface area contributed by atoms with Crippen molar-refractivity contribution in [2.45, 2.75) is 0 Å². The summed E-state index contributed by atoms with van der Waals surface area (Å²) in [6.45, 7) is 0.364. The fourth-order valence-corrected chi connectivity index (χ4v) is 0.827. The molecule has 0 amide bonds. The monoisotopic (exact) mass is 164 g/mol. The van der Waals surface area contributed by atoms with Gasteiger partial charge in [-0.2, -0.15) is 5.10 Å². The highest BCUT2D eigenvalue weighted by Crippen LogP contribution is 2.14. The summed E-state index contributed by atoms with van der Waals surface area (Å²) in [4.78, 5) is 10.0. The van der Waals surface area contributed by atoms with Crippen LogP contribution in [0.15, 0.2) is 29.4 Å². The number of benzene rings is 1. The minimum Gasteiger partial charge on any atom is -0.428 e. The quantitative estimate of drug-likeness (QED) is 0.306. The number of nitrogens with two attached hydrogens (primary N) is 1. The first-order chi connectivity index (χ1) is 5.88. The van der Waals surface area contributed by atoms with Gasteiger partial charge in [0.2, 0.25) is 0 Å². The van der Waals surface area contributed by atoms with Crippen LogP contribution in [0.4, 0.5) is 0 Å². The number of para-hydroxylation sites is 1. The molecular weight excluding hydrogens is 156 g/mol. The Kier molecular flexibility index (Phi) is 2.84. The Bertz CT molecular complexity index is 297. The van der Waals surface area contributed by atoms with Crippen LogP contribution < -0.4 is 10.6 Å². The Morgan fingerprint density at radius 1 is 1.42 bits per heavy atom. The average molecular weight is 164 g/mol. The lowest BCUT2D eigenvalue weighted by atomic mass is 10.2. The first-order valence-corrected chi connectivity index (χ1v) is 3.31. The van der Waals surface area contributed by atoms with Gasteiger partial charge < -0.3 is 10.6 Å². The number of hydrazone groups is 1. The van der Waals surface area contributed by atoms with Gasteiger partial charge in [0.05, 0.1) is 6.21 Å². The van der Waals surface area contributed by atoms with Crippen LogP contribution in [0.5, 0.6) is 5.75 Å². The maximum absolute atomic E-state index is 10.0. The number of hydrogen-bond donors (Lipinski definition) is 1. The Morgan fingerprint density at radius 3 is 2.83 bits per heavy atom. The lowest BCUT2D eigenvalue weighted by molar-refractivity contribution is -0.120. The molecule has 0 radical (unpaired) electrons. The number of carbonyl (C=O) groups is 1. The standard InChI is InChI=1S/C8H8N2O2/c9-10-5-7-3-1-2-4-8(7)12-6-11/h1-6H,9H2. The summed E-state index contributed by atoms with van der Waals surface area (Å²) in [6.07, 6.45) is 1.42. The van der Waals surface area contributed by atoms with E-state index in [1.807, 2.05) is 0 Å². The van der Waals surface area contributed by atoms with Crippen molar-refractivity contribution in [1.29, 1.82) is 0 Å². The maximum atomic E-state index is 10.0. The van der Waals surface area contributed by atoms with E-state index in [1.54, 1.807) is 24.3 Å². The third-order valence-corrected chi connectivity index (χ3v) is 1.31. The number of rotatable bonds is 3. The zero-order valence-electron chi connectivity index (χ0n) is 6.31. The van der Waals surface area contributed by atoms with Gasteiger partial charge in [0, 0.05) is 5.56 Å². The van der Waals surface area contributed by atoms with Gasteiger partial charge in [0.1, 0.15) is 5.75 Å². The highest BCUT2D eigenvalue weighted by molar-refractivity contribution is 5.83. The number of nitrogens with zero attached hydrogens (tertiary/aromatic N) is 1. The summed E-state index contributed by atoms with van der Waals surface area (Å²) < 4.78 is 4.66. The van der Waals surface area contributed by atoms with Crippen LogP contribution in [-0.4, -0.2) is 12.7 Å². The minimum absolute atomic E-state index is 0.364. The van der Waals surface area contributed by atoms with E-state index in [9.17, 15) is 4.79 Å². The van der Waals surface area contributed by atoms with E-state index in [-0.39, 0.29) is 0 Å². The smallest absolute Gasteiger partial charge is 0.298 e. The van der Waals surface area contributed by atoms with Crippen LogP contribution in [0.2, 0.25) is 0 Å². The predicted octanol–water partition coefficient (Wildman–Crippen LogP) is 0.514. The molecule has 0 atom stereocenters. The van der Waals surface area contributed by atoms with Crippen LogP contribution in [0.3, 0.4) is 0 Å². The van der Waals surface area contributed by atoms with Gasteiger partial charge in [-0.15, -0.1) is 0 Å². The van der Waals surface area contributed by atoms with Gasteiger partial charge >= 0.3 is 0 Å². The lowest BCUT2D eigenvalue weighted by Gasteiger charge is -1.99. The Hall–Kier alpha value is -1.84. The summed E-state index contributed by atoms with van der Waals surface area (Å²) in [7, 11) is 0. The van der Waals surface area contributed by atoms with Gasteiger partial charge in [-0.25, -0.2) is 0 Å². The number of ether oxygens (including phenoxy) is 1. The molecule has 0 heterocycles. The summed E-state index contributed by atoms with van der Waals surface area (Å²) in [5, 5.41) is 3.33. The zero-order chi connectivity index (χ0) is 8.81. The second kappa shape index (κ2) is 4.12. The molecule has 4 nitrogen and oxygen atoms in total. The molecule has 0 saturated heterocycles. The first-order valence-electron chi connectivity index (χ1n) is 3.31. The van der Waals surface area contributed by atoms with E-state index in [0.717, 1.165) is 0 Å². The highest BCUT2D eigenvalue weighted by atomic mass is 16.5. The molecule has 0 bridgehead atoms. The first kappa shape index (κ1) is 8.26. The number of carbonyl (C=O) groups excluding carboxylic acids is 1. The summed E-state index contributed by atoms with van der Waals surface area (Å²) in [5.41, 5.74) is 0.673. The zero-order valence-corrected chi connectivity index (χ0v) is 6.31. The Morgan fingerprint density at radius 2 is 2.17 bits per heavy atom. The fraction of sp³-hybridized carbons (Fsp3) is 0. The van der Waals surface area contributed by atoms with Crippen molar-refractivity contribution in [1.82, 2.24) is 0 Å². The van der Waals surface area contributed by atoms with Crippen LogP contribution in [0.1, 0.15) is 5.56 Å². The molecule has 0 spiro atoms. The lowest BCUT2D eigenvalue weighted by Crippen LogP contribution is -1.94. The highest BCUT2D eigenvalue weighted by Gasteiger charge is 1.97. The van der Waals surface area contributed by atoms with Crippen molar-refractivity contribution < 1.29 is 9.53 Å². The molecule has 1 aromatic rings. The third kappa shape index (κ3) is 1.82. The van der Waals surface area contributed by atoms with Crippen molar-refractivity contribution >= 4 is 12.7 Å². The summed E-state index contributed by atoms with van der Waals surface area (Å²) >= 11 is 0. The van der Waals surface area contributed by atoms with E-state index in [0.29, 0.717) is 17.8 Å². The van der Waals surface area contributed by atoms with E-state index in [2.05, 4.69) is 9.84 Å². The van der Waals surface area contributed by atoms with E-state index in [1.165, 1.54) is 6.21 Å². The molecule has 0 fully saturated rings. The summed E-state index contributed by atoms with van der Waals surface area (Å²) in [5.74, 6) is 5.40. The Balaban J connectivity index is 2.99. The molecule has 4 heteroatoms. The molecule has 2 N–H and O–H groups in total. The molecule has 0 unspecified atom stereocenters. The van der Waals surface area contributed by atoms with Gasteiger partial charge in [-0.3, -0.25) is 4.79 Å². The molecule has 1 aromatic carbocycles. The molecule has 0 aromatic heterocycles. The van der Waals surface area contributed by atoms with Gasteiger partial charge in [0.15, 0.2) is 0 Å². The van der Waals surface area contributed by atoms with Crippen LogP contribution >= 0.6 is 0 Å². The molecule has 1 rings (SSSR count). The average Bonchev–Trinajstić information content (AvgIpc) is 2.09. The van der Waals surface area contributed by atoms with Crippen molar-refractivity contribution in [2.75, 3.05) is 0 Å². The molecule has 12 heavy (non-hydrogen) atoms. The van der Waals surface area contributed by atoms with E-state index < -0.39 is 0 Å². The second-order valence-electron chi connectivity index (χ2n) is 2.03. The van der Waals surface area contributed by atoms with Crippen molar-refractivity contribution in [3.63, 3.8) is 0 Å². The largest absolute Gasteiger partial charge is 0.428 e. The molecule has 62 valence electrons. The SMILES string of the molecule is NN=Cc1ccccc1OC=O. The number of hydrogen-bond acceptors (Lipinski definition) is 4. The summed E-state index contributed by atoms with van der Waals surface area (Å²) in [6, 6.07) is 6.96. The van der Waals surface area contributed by atoms with Gasteiger partial charge in [-0.05, 0) is 12.1 Å². The van der Waals surface area contributed by atoms with Crippen molar-refractivity contribution in [2.24, 2.45) is 10.9 Å². The van der Waals surface area contributed by atoms with Crippen LogP contribution in [0.25, 0.3) is 0 Å². The van der Waals surface area contributed by atoms with Crippen LogP contribution in [0, 0.1) is 0 Å². The second-order valence-corrected chi connectivity index (χ2v) is 2.03. The predicted molar refractivity (Wildman–Crippen MR) is 44.9 cm³/mol. The molecular formula is C8H8N2O2. The maximum Gasteiger partial charge on any atom is 0.298 e. The topological polar surface area (TPSA) is 64.7 Å². The molecule has 0 aliphatic carbocycles. The normalized spacial score (nSPS) is 10.0.